The number of likely N-dealkylation sites (N-methyl/N-ethyl adjacent to an activating group) is 3. The van der Waals surface area contributed by atoms with Crippen LogP contribution < -0.4 is 46.1 Å². The summed E-state index contributed by atoms with van der Waals surface area (Å²) in [6.07, 6.45) is 3.54. The molecule has 19 nitrogen and oxygen atoms in total. The molecule has 4 N–H and O–H groups in total. The first-order valence-electron chi connectivity index (χ1n) is 26.6. The number of hydrogen-bond donors (Lipinski definition) is 4. The van der Waals surface area contributed by atoms with Crippen molar-refractivity contribution in [1.82, 2.24) is 26.2 Å². The zero-order valence-electron chi connectivity index (χ0n) is 51.4. The maximum Gasteiger partial charge on any atom is 0.333 e. The normalized spacial score (nSPS) is 10.8. The topological polar surface area (TPSA) is 217 Å². The highest BCUT2D eigenvalue weighted by Crippen LogP contribution is 2.25. The average molecular weight is 1370 g/mol. The van der Waals surface area contributed by atoms with E-state index < -0.39 is 45.2 Å². The molecule has 0 rings (SSSR count). The summed E-state index contributed by atoms with van der Waals surface area (Å²) in [7, 11) is 4.27. The predicted octanol–water partition coefficient (Wildman–Crippen LogP) is 4.21. The van der Waals surface area contributed by atoms with Crippen molar-refractivity contribution in [2.45, 2.75) is 168 Å². The van der Waals surface area contributed by atoms with Crippen LogP contribution >= 0.6 is 23.2 Å². The van der Waals surface area contributed by atoms with Gasteiger partial charge in [0.1, 0.15) is 44.7 Å². The van der Waals surface area contributed by atoms with E-state index in [0.29, 0.717) is 84.7 Å². The molecule has 0 spiro atoms. The number of hydrogen-bond acceptors (Lipinski definition) is 13. The Morgan fingerprint density at radius 3 is 0.871 bits per heavy atom. The number of ether oxygens (including phenoxy) is 3. The van der Waals surface area contributed by atoms with E-state index in [-0.39, 0.29) is 124 Å². The van der Waals surface area contributed by atoms with Crippen molar-refractivity contribution in [2.24, 2.45) is 0 Å². The zero-order valence-corrected chi connectivity index (χ0v) is 58.5. The second-order valence-electron chi connectivity index (χ2n) is 23.5. The Kier molecular flexibility index (Phi) is 69.8. The fourth-order valence-electron chi connectivity index (χ4n) is 7.27. The van der Waals surface area contributed by atoms with Crippen LogP contribution in [0.2, 0.25) is 76.6 Å². The Hall–Kier alpha value is -2.66. The molecular formula is C58H129Cl4N7O12Si4. The largest absolute Gasteiger partial charge is 1.00 e. The van der Waals surface area contributed by atoms with E-state index in [9.17, 15) is 33.6 Å². The van der Waals surface area contributed by atoms with E-state index in [4.69, 9.17) is 45.6 Å². The van der Waals surface area contributed by atoms with Crippen molar-refractivity contribution >= 4 is 98.0 Å². The van der Waals surface area contributed by atoms with Crippen LogP contribution in [0, 0.1) is 0 Å². The van der Waals surface area contributed by atoms with Crippen LogP contribution in [0.15, 0.2) is 36.5 Å². The van der Waals surface area contributed by atoms with Crippen LogP contribution in [-0.4, -0.2) is 221 Å². The van der Waals surface area contributed by atoms with Gasteiger partial charge in [0.2, 0.25) is 11.8 Å². The number of alkyl halides is 2. The van der Waals surface area contributed by atoms with E-state index in [2.05, 4.69) is 93.4 Å². The van der Waals surface area contributed by atoms with Crippen molar-refractivity contribution in [1.29, 1.82) is 0 Å². The number of carbonyl (C=O) groups excluding carboxylic acids is 7. The lowest BCUT2D eigenvalue weighted by Gasteiger charge is -2.34. The molecule has 0 aliphatic carbocycles. The summed E-state index contributed by atoms with van der Waals surface area (Å²) in [5.74, 6) is -1.42. The summed E-state index contributed by atoms with van der Waals surface area (Å²) < 4.78 is 29.2. The molecule has 0 aromatic carbocycles. The lowest BCUT2D eigenvalue weighted by atomic mass is 10.3. The number of nitrogens with zero attached hydrogens (tertiary/aromatic N) is 3. The first kappa shape index (κ1) is 107. The van der Waals surface area contributed by atoms with Crippen LogP contribution in [0.5, 0.6) is 0 Å². The van der Waals surface area contributed by atoms with Gasteiger partial charge in [-0.1, -0.05) is 64.3 Å². The molecule has 27 heteroatoms. The third kappa shape index (κ3) is 67.1. The molecule has 0 aromatic heterocycles. The molecule has 0 unspecified atom stereocenters. The molecule has 0 aliphatic rings. The summed E-state index contributed by atoms with van der Waals surface area (Å²) in [5.41, 5.74) is 1.17. The minimum absolute atomic E-state index is 0. The highest BCUT2D eigenvalue weighted by atomic mass is 35.5. The second-order valence-corrected chi connectivity index (χ2v) is 41.8. The molecule has 0 heterocycles. The Morgan fingerprint density at radius 2 is 0.659 bits per heavy atom. The van der Waals surface area contributed by atoms with Crippen LogP contribution in [0.4, 0.5) is 0 Å². The molecule has 0 atom stereocenters. The maximum absolute atomic E-state index is 12.5. The van der Waals surface area contributed by atoms with Gasteiger partial charge in [0.15, 0.2) is 46.4 Å². The molecule has 0 aliphatic heterocycles. The number of amides is 4. The van der Waals surface area contributed by atoms with Gasteiger partial charge in [0.05, 0.1) is 28.2 Å². The number of esters is 3. The van der Waals surface area contributed by atoms with E-state index >= 15 is 0 Å². The molecule has 0 bridgehead atoms. The molecule has 0 saturated heterocycles. The minimum Gasteiger partial charge on any atom is -1.00 e. The highest BCUT2D eigenvalue weighted by molar-refractivity contribution is 6.85. The first-order valence-corrected chi connectivity index (χ1v) is 40.1. The fourth-order valence-corrected chi connectivity index (χ4v) is 25.2. The third-order valence-electron chi connectivity index (χ3n) is 11.3. The number of nitrogens with one attached hydrogen (secondary N) is 4. The van der Waals surface area contributed by atoms with Gasteiger partial charge in [-0.3, -0.25) is 19.2 Å². The van der Waals surface area contributed by atoms with Gasteiger partial charge in [-0.2, -0.15) is 0 Å². The standard InChI is InChI=1S/C30H58N4O7Si2.C14H30Cl2N2O3Si2.C8H15NO2.6CH4.2ClH/c1-25(2)29(37)39-19-17-33(5,6)23-27(35)31-15-13-21-42(9,10)41-43(11,12)22-14-16-32-28(36)24-34(7,8)18-20-40-30(38)26(3)4;1-22(2,9-5-7-17-13(19)11-15)21-23(3,4)10-6-8-18-14(20)12-16;1-7(2)8(10)11-6-5-9(3)4;;;;;;;;/h1,3,13-24H2,2,4-12H3;5-12H2,1-4H3,(H,17,19)(H,18,20);1,5-6H2,2-4H3;6*1H4;2*1H. The molecular weight excluding hydrogens is 1240 g/mol. The van der Waals surface area contributed by atoms with Crippen molar-refractivity contribution in [2.75, 3.05) is 133 Å². The Balaban J connectivity index is -0.000000123. The Labute approximate surface area is 547 Å². The Bertz CT molecular complexity index is 1780. The number of quaternary nitrogens is 2. The average Bonchev–Trinajstić information content (AvgIpc) is 3.28. The molecule has 0 radical (unpaired) electrons. The number of halogens is 4. The van der Waals surface area contributed by atoms with Gasteiger partial charge in [0.25, 0.3) is 11.8 Å². The van der Waals surface area contributed by atoms with Crippen LogP contribution in [-0.2, 0) is 56.0 Å². The molecule has 85 heavy (non-hydrogen) atoms. The predicted molar refractivity (Wildman–Crippen MR) is 363 cm³/mol. The SMILES string of the molecule is C.C.C.C.C.C.C=C(C)C(=O)OCCN(C)C.C=C(C)C(=O)OCC[N+](C)(C)CC(=O)NCCC[Si](C)(C)O[Si](C)(C)CCCNC(=O)C[N+](C)(C)CCOC(=O)C(=C)C.C[Si](C)(CCCNC(=O)CCl)O[Si](C)(C)CCCNC(=O)CCl.[Cl-].[Cl-]. The fraction of sp³-hybridized carbons (Fsp3) is 0.776. The quantitative estimate of drug-likeness (QED) is 0.0130. The number of rotatable bonds is 38. The van der Waals surface area contributed by atoms with Crippen molar-refractivity contribution in [3.8, 4) is 0 Å². The number of carbonyl (C=O) groups is 7. The van der Waals surface area contributed by atoms with Gasteiger partial charge in [0, 0.05) is 49.4 Å². The molecule has 0 fully saturated rings. The smallest absolute Gasteiger partial charge is 0.333 e. The summed E-state index contributed by atoms with van der Waals surface area (Å²) in [4.78, 5) is 82.9. The van der Waals surface area contributed by atoms with E-state index in [1.54, 1.807) is 20.8 Å². The summed E-state index contributed by atoms with van der Waals surface area (Å²) in [6, 6.07) is 3.92. The van der Waals surface area contributed by atoms with Gasteiger partial charge < -0.3 is 82.4 Å². The van der Waals surface area contributed by atoms with E-state index in [1.165, 1.54) is 0 Å². The summed E-state index contributed by atoms with van der Waals surface area (Å²) in [6.45, 7) is 39.1. The van der Waals surface area contributed by atoms with Gasteiger partial charge in [-0.15, -0.1) is 23.2 Å². The lowest BCUT2D eigenvalue weighted by molar-refractivity contribution is -0.882. The third-order valence-corrected chi connectivity index (χ3v) is 26.8. The zero-order chi connectivity index (χ0) is 60.3. The second kappa shape index (κ2) is 55.4. The minimum atomic E-state index is -1.92. The summed E-state index contributed by atoms with van der Waals surface area (Å²) >= 11 is 10.9. The van der Waals surface area contributed by atoms with E-state index in [0.717, 1.165) is 56.4 Å². The van der Waals surface area contributed by atoms with Crippen LogP contribution in [0.25, 0.3) is 0 Å². The first-order chi connectivity index (χ1) is 35.2. The van der Waals surface area contributed by atoms with Gasteiger partial charge in [-0.05, 0) is 137 Å². The molecule has 0 aromatic rings. The molecule has 4 amide bonds. The van der Waals surface area contributed by atoms with Gasteiger partial charge >= 0.3 is 17.9 Å². The van der Waals surface area contributed by atoms with Crippen LogP contribution in [0.3, 0.4) is 0 Å². The van der Waals surface area contributed by atoms with Gasteiger partial charge in [-0.25, -0.2) is 14.4 Å². The molecule has 512 valence electrons. The summed E-state index contributed by atoms with van der Waals surface area (Å²) in [5, 5.41) is 11.6. The maximum atomic E-state index is 12.5. The molecule has 0 saturated carbocycles. The Morgan fingerprint density at radius 1 is 0.435 bits per heavy atom. The highest BCUT2D eigenvalue weighted by Gasteiger charge is 2.34. The van der Waals surface area contributed by atoms with E-state index in [1.807, 2.05) is 47.2 Å². The monoisotopic (exact) mass is 1370 g/mol. The van der Waals surface area contributed by atoms with Crippen molar-refractivity contribution in [3.63, 3.8) is 0 Å². The van der Waals surface area contributed by atoms with Crippen molar-refractivity contribution in [3.05, 3.63) is 36.5 Å². The van der Waals surface area contributed by atoms with Crippen molar-refractivity contribution < 1.29 is 89.8 Å². The lowest BCUT2D eigenvalue weighted by Crippen LogP contribution is -3.00. The van der Waals surface area contributed by atoms with Crippen LogP contribution in [0.1, 0.15) is 91.0 Å².